The summed E-state index contributed by atoms with van der Waals surface area (Å²) >= 11 is 1.59. The quantitative estimate of drug-likeness (QED) is 0.320. The molecule has 10 heteroatoms. The lowest BCUT2D eigenvalue weighted by atomic mass is 9.72. The first kappa shape index (κ1) is 24.5. The van der Waals surface area contributed by atoms with Gasteiger partial charge in [-0.05, 0) is 42.8 Å². The van der Waals surface area contributed by atoms with Crippen molar-refractivity contribution in [1.29, 1.82) is 0 Å². The van der Waals surface area contributed by atoms with Gasteiger partial charge in [0.25, 0.3) is 0 Å². The summed E-state index contributed by atoms with van der Waals surface area (Å²) in [4.78, 5) is 38.8. The monoisotopic (exact) mass is 498 g/mol. The zero-order valence-corrected chi connectivity index (χ0v) is 20.4. The number of carbonyl (C=O) groups is 2. The lowest BCUT2D eigenvalue weighted by Gasteiger charge is -2.36. The van der Waals surface area contributed by atoms with Gasteiger partial charge < -0.3 is 19.9 Å². The predicted molar refractivity (Wildman–Crippen MR) is 129 cm³/mol. The maximum absolute atomic E-state index is 13.6. The second-order valence-electron chi connectivity index (χ2n) is 8.52. The zero-order valence-electron chi connectivity index (χ0n) is 19.6. The molecule has 2 atom stereocenters. The number of nitro groups is 1. The molecule has 0 saturated carbocycles. The Morgan fingerprint density at radius 1 is 1.34 bits per heavy atom. The van der Waals surface area contributed by atoms with Crippen LogP contribution in [-0.4, -0.2) is 35.5 Å². The molecule has 2 aliphatic rings. The van der Waals surface area contributed by atoms with E-state index in [-0.39, 0.29) is 36.1 Å². The number of nitrogens with zero attached hydrogens (tertiary/aromatic N) is 1. The highest BCUT2D eigenvalue weighted by atomic mass is 32.1. The van der Waals surface area contributed by atoms with E-state index in [1.165, 1.54) is 19.2 Å². The topological polar surface area (TPSA) is 128 Å². The lowest BCUT2D eigenvalue weighted by molar-refractivity contribution is -0.386. The SMILES string of the molecule is CCCOC(=O)C1=C(C)NC2=C(C(=O)C[C@H](c3cccs3)C2)[C@@H]1c1cc(OC)c(O)c([N+](=O)[O-])c1. The van der Waals surface area contributed by atoms with Gasteiger partial charge in [-0.25, -0.2) is 4.79 Å². The second kappa shape index (κ2) is 9.91. The lowest BCUT2D eigenvalue weighted by Crippen LogP contribution is -2.36. The number of esters is 1. The molecule has 2 N–H and O–H groups in total. The number of rotatable bonds is 7. The van der Waals surface area contributed by atoms with Crippen LogP contribution in [0.5, 0.6) is 11.5 Å². The Labute approximate surface area is 206 Å². The van der Waals surface area contributed by atoms with Crippen LogP contribution in [0, 0.1) is 10.1 Å². The van der Waals surface area contributed by atoms with E-state index in [0.29, 0.717) is 35.4 Å². The summed E-state index contributed by atoms with van der Waals surface area (Å²) in [6, 6.07) is 6.57. The van der Waals surface area contributed by atoms with E-state index in [4.69, 9.17) is 9.47 Å². The molecular weight excluding hydrogens is 472 g/mol. The minimum atomic E-state index is -0.902. The average molecular weight is 499 g/mol. The summed E-state index contributed by atoms with van der Waals surface area (Å²) < 4.78 is 10.6. The van der Waals surface area contributed by atoms with Gasteiger partial charge in [-0.15, -0.1) is 11.3 Å². The molecule has 1 aliphatic carbocycles. The first-order valence-corrected chi connectivity index (χ1v) is 12.1. The molecule has 0 saturated heterocycles. The molecule has 0 fully saturated rings. The van der Waals surface area contributed by atoms with E-state index >= 15 is 0 Å². The number of ether oxygens (including phenoxy) is 2. The van der Waals surface area contributed by atoms with Crippen LogP contribution < -0.4 is 10.1 Å². The summed E-state index contributed by atoms with van der Waals surface area (Å²) in [6.45, 7) is 3.79. The number of phenolic OH excluding ortho intramolecular Hbond substituents is 1. The smallest absolute Gasteiger partial charge is 0.336 e. The fraction of sp³-hybridized carbons (Fsp3) is 0.360. The van der Waals surface area contributed by atoms with Gasteiger partial charge in [0, 0.05) is 46.2 Å². The molecule has 0 unspecified atom stereocenters. The van der Waals surface area contributed by atoms with Crippen molar-refractivity contribution in [2.75, 3.05) is 13.7 Å². The molecule has 2 heterocycles. The Hall–Kier alpha value is -3.66. The molecule has 0 radical (unpaired) electrons. The summed E-state index contributed by atoms with van der Waals surface area (Å²) in [5.74, 6) is -2.39. The Morgan fingerprint density at radius 2 is 2.11 bits per heavy atom. The molecule has 2 aromatic rings. The number of benzene rings is 1. The van der Waals surface area contributed by atoms with E-state index < -0.39 is 28.2 Å². The van der Waals surface area contributed by atoms with Gasteiger partial charge in [-0.3, -0.25) is 14.9 Å². The molecule has 0 bridgehead atoms. The van der Waals surface area contributed by atoms with Gasteiger partial charge in [0.15, 0.2) is 11.5 Å². The number of thiophene rings is 1. The van der Waals surface area contributed by atoms with Gasteiger partial charge >= 0.3 is 11.7 Å². The van der Waals surface area contributed by atoms with Crippen LogP contribution in [0.15, 0.2) is 52.2 Å². The van der Waals surface area contributed by atoms with Crippen LogP contribution in [0.3, 0.4) is 0 Å². The van der Waals surface area contributed by atoms with Crippen LogP contribution >= 0.6 is 11.3 Å². The number of nitro benzene ring substituents is 1. The van der Waals surface area contributed by atoms with Gasteiger partial charge in [0.05, 0.1) is 24.2 Å². The van der Waals surface area contributed by atoms with Crippen LogP contribution in [0.2, 0.25) is 0 Å². The van der Waals surface area contributed by atoms with E-state index in [9.17, 15) is 24.8 Å². The highest BCUT2D eigenvalue weighted by Crippen LogP contribution is 2.49. The largest absolute Gasteiger partial charge is 0.500 e. The minimum absolute atomic E-state index is 0.000479. The van der Waals surface area contributed by atoms with Crippen LogP contribution in [-0.2, 0) is 14.3 Å². The van der Waals surface area contributed by atoms with Gasteiger partial charge in [0.1, 0.15) is 0 Å². The fourth-order valence-electron chi connectivity index (χ4n) is 4.72. The van der Waals surface area contributed by atoms with E-state index in [1.54, 1.807) is 18.3 Å². The number of Topliss-reactive ketones (excluding diaryl/α,β-unsaturated/α-hetero) is 1. The van der Waals surface area contributed by atoms with Crippen molar-refractivity contribution in [3.8, 4) is 11.5 Å². The molecular formula is C25H26N2O7S. The highest BCUT2D eigenvalue weighted by Gasteiger charge is 2.42. The predicted octanol–water partition coefficient (Wildman–Crippen LogP) is 4.69. The van der Waals surface area contributed by atoms with E-state index in [2.05, 4.69) is 5.32 Å². The third-order valence-electron chi connectivity index (χ3n) is 6.26. The summed E-state index contributed by atoms with van der Waals surface area (Å²) in [7, 11) is 1.28. The van der Waals surface area contributed by atoms with Crippen molar-refractivity contribution < 1.29 is 29.1 Å². The van der Waals surface area contributed by atoms with Gasteiger partial charge in [0.2, 0.25) is 5.75 Å². The van der Waals surface area contributed by atoms with Crippen molar-refractivity contribution in [3.05, 3.63) is 72.7 Å². The molecule has 9 nitrogen and oxygen atoms in total. The standard InChI is InChI=1S/C25H26N2O7S/c1-4-7-34-25(30)21-13(2)26-16-9-14(20-6-5-8-35-20)11-18(28)23(16)22(21)15-10-17(27(31)32)24(29)19(12-15)33-3/h5-6,8,10,12,14,22,26,29H,4,7,9,11H2,1-3H3/t14-,22-/m1/s1. The molecule has 0 amide bonds. The third kappa shape index (κ3) is 4.53. The van der Waals surface area contributed by atoms with Crippen molar-refractivity contribution in [1.82, 2.24) is 5.32 Å². The molecule has 1 aliphatic heterocycles. The van der Waals surface area contributed by atoms with Crippen molar-refractivity contribution in [2.24, 2.45) is 0 Å². The van der Waals surface area contributed by atoms with Crippen molar-refractivity contribution in [3.63, 3.8) is 0 Å². The minimum Gasteiger partial charge on any atom is -0.500 e. The van der Waals surface area contributed by atoms with Crippen molar-refractivity contribution >= 4 is 28.8 Å². The number of hydrogen-bond donors (Lipinski definition) is 2. The Bertz CT molecular complexity index is 1250. The fourth-order valence-corrected chi connectivity index (χ4v) is 5.55. The molecule has 35 heavy (non-hydrogen) atoms. The summed E-state index contributed by atoms with van der Waals surface area (Å²) in [5, 5.41) is 27.2. The highest BCUT2D eigenvalue weighted by molar-refractivity contribution is 7.10. The maximum atomic E-state index is 13.6. The van der Waals surface area contributed by atoms with Crippen molar-refractivity contribution in [2.45, 2.75) is 44.9 Å². The number of dihydropyridines is 1. The normalized spacial score (nSPS) is 19.8. The number of phenols is 1. The molecule has 184 valence electrons. The number of ketones is 1. The molecule has 4 rings (SSSR count). The van der Waals surface area contributed by atoms with Crippen LogP contribution in [0.1, 0.15) is 55.4 Å². The third-order valence-corrected chi connectivity index (χ3v) is 7.29. The molecule has 0 spiro atoms. The maximum Gasteiger partial charge on any atom is 0.336 e. The number of nitrogens with one attached hydrogen (secondary N) is 1. The first-order valence-electron chi connectivity index (χ1n) is 11.3. The van der Waals surface area contributed by atoms with Crippen LogP contribution in [0.25, 0.3) is 0 Å². The Balaban J connectivity index is 1.89. The average Bonchev–Trinajstić information content (AvgIpc) is 3.36. The summed E-state index contributed by atoms with van der Waals surface area (Å²) in [5.41, 5.74) is 1.52. The number of methoxy groups -OCH3 is 1. The Kier molecular flexibility index (Phi) is 6.93. The van der Waals surface area contributed by atoms with Gasteiger partial charge in [-0.2, -0.15) is 0 Å². The number of allylic oxidation sites excluding steroid dienone is 3. The van der Waals surface area contributed by atoms with Gasteiger partial charge in [-0.1, -0.05) is 13.0 Å². The second-order valence-corrected chi connectivity index (χ2v) is 9.50. The van der Waals surface area contributed by atoms with E-state index in [0.717, 1.165) is 4.88 Å². The van der Waals surface area contributed by atoms with E-state index in [1.807, 2.05) is 24.4 Å². The molecule has 1 aromatic heterocycles. The zero-order chi connectivity index (χ0) is 25.3. The number of aromatic hydroxyl groups is 1. The molecule has 1 aromatic carbocycles. The number of carbonyl (C=O) groups excluding carboxylic acids is 2. The summed E-state index contributed by atoms with van der Waals surface area (Å²) in [6.07, 6.45) is 1.43. The van der Waals surface area contributed by atoms with Crippen LogP contribution in [0.4, 0.5) is 5.69 Å². The Morgan fingerprint density at radius 3 is 2.74 bits per heavy atom. The first-order chi connectivity index (χ1) is 16.8. The number of hydrogen-bond acceptors (Lipinski definition) is 9.